The second kappa shape index (κ2) is 6.52. The largest absolute Gasteiger partial charge is 0.486 e. The third-order valence-electron chi connectivity index (χ3n) is 3.69. The zero-order valence-corrected chi connectivity index (χ0v) is 13.7. The van der Waals surface area contributed by atoms with Gasteiger partial charge in [0, 0.05) is 0 Å². The molecular formula is C18H19BrO2. The van der Waals surface area contributed by atoms with Crippen molar-refractivity contribution >= 4 is 15.9 Å². The van der Waals surface area contributed by atoms with Crippen LogP contribution in [0, 0.1) is 0 Å². The first-order chi connectivity index (χ1) is 10.3. The highest BCUT2D eigenvalue weighted by Gasteiger charge is 2.28. The van der Waals surface area contributed by atoms with E-state index in [-0.39, 0.29) is 10.9 Å². The van der Waals surface area contributed by atoms with Crippen molar-refractivity contribution in [3.8, 4) is 11.5 Å². The Kier molecular flexibility index (Phi) is 4.49. The lowest BCUT2D eigenvalue weighted by atomic mass is 10.0. The normalized spacial score (nSPS) is 18.3. The Labute approximate surface area is 134 Å². The third kappa shape index (κ3) is 3.24. The van der Waals surface area contributed by atoms with Gasteiger partial charge in [-0.3, -0.25) is 0 Å². The fraction of sp³-hybridized carbons (Fsp3) is 0.333. The van der Waals surface area contributed by atoms with Crippen molar-refractivity contribution in [1.82, 2.24) is 0 Å². The van der Waals surface area contributed by atoms with Crippen molar-refractivity contribution in [3.63, 3.8) is 0 Å². The van der Waals surface area contributed by atoms with Crippen LogP contribution in [0.15, 0.2) is 48.5 Å². The van der Waals surface area contributed by atoms with E-state index < -0.39 is 0 Å². The van der Waals surface area contributed by atoms with Crippen LogP contribution >= 0.6 is 15.9 Å². The van der Waals surface area contributed by atoms with Gasteiger partial charge in [-0.15, -0.1) is 0 Å². The number of para-hydroxylation sites is 2. The van der Waals surface area contributed by atoms with Gasteiger partial charge in [-0.2, -0.15) is 0 Å². The highest BCUT2D eigenvalue weighted by molar-refractivity contribution is 9.09. The SMILES string of the molecule is CCCc1ccc(C(Br)C2COc3ccccc3O2)cc1. The Hall–Kier alpha value is -1.48. The van der Waals surface area contributed by atoms with Crippen molar-refractivity contribution < 1.29 is 9.47 Å². The number of aryl methyl sites for hydroxylation is 1. The van der Waals surface area contributed by atoms with Gasteiger partial charge in [0.25, 0.3) is 0 Å². The molecule has 0 amide bonds. The second-order valence-electron chi connectivity index (χ2n) is 5.31. The maximum atomic E-state index is 6.05. The molecule has 0 N–H and O–H groups in total. The molecule has 0 aliphatic carbocycles. The van der Waals surface area contributed by atoms with Gasteiger partial charge in [0.2, 0.25) is 0 Å². The van der Waals surface area contributed by atoms with Crippen LogP contribution in [0.1, 0.15) is 29.3 Å². The number of hydrogen-bond donors (Lipinski definition) is 0. The molecule has 0 saturated carbocycles. The number of fused-ring (bicyclic) bond motifs is 1. The van der Waals surface area contributed by atoms with E-state index in [0.717, 1.165) is 17.9 Å². The van der Waals surface area contributed by atoms with E-state index in [4.69, 9.17) is 9.47 Å². The van der Waals surface area contributed by atoms with Gasteiger partial charge in [-0.05, 0) is 29.7 Å². The van der Waals surface area contributed by atoms with Crippen molar-refractivity contribution in [3.05, 3.63) is 59.7 Å². The number of halogens is 1. The van der Waals surface area contributed by atoms with Gasteiger partial charge >= 0.3 is 0 Å². The monoisotopic (exact) mass is 346 g/mol. The standard InChI is InChI=1S/C18H19BrO2/c1-2-5-13-8-10-14(11-9-13)18(19)17-12-20-15-6-3-4-7-16(15)21-17/h3-4,6-11,17-18H,2,5,12H2,1H3. The average Bonchev–Trinajstić information content (AvgIpc) is 2.55. The van der Waals surface area contributed by atoms with Gasteiger partial charge in [0.15, 0.2) is 11.5 Å². The number of hydrogen-bond acceptors (Lipinski definition) is 2. The number of ether oxygens (including phenoxy) is 2. The van der Waals surface area contributed by atoms with Gasteiger partial charge in [0.05, 0.1) is 4.83 Å². The quantitative estimate of drug-likeness (QED) is 0.732. The molecule has 21 heavy (non-hydrogen) atoms. The summed E-state index contributed by atoms with van der Waals surface area (Å²) in [5.41, 5.74) is 2.61. The molecule has 0 fully saturated rings. The first-order valence-corrected chi connectivity index (χ1v) is 8.31. The maximum absolute atomic E-state index is 6.05. The van der Waals surface area contributed by atoms with Crippen molar-refractivity contribution in [2.45, 2.75) is 30.7 Å². The highest BCUT2D eigenvalue weighted by Crippen LogP contribution is 2.37. The summed E-state index contributed by atoms with van der Waals surface area (Å²) in [6.45, 7) is 2.76. The predicted molar refractivity (Wildman–Crippen MR) is 88.5 cm³/mol. The van der Waals surface area contributed by atoms with E-state index in [0.29, 0.717) is 6.61 Å². The third-order valence-corrected chi connectivity index (χ3v) is 4.81. The van der Waals surface area contributed by atoms with Crippen LogP contribution in [0.2, 0.25) is 0 Å². The van der Waals surface area contributed by atoms with Crippen LogP contribution in [0.25, 0.3) is 0 Å². The van der Waals surface area contributed by atoms with E-state index in [1.165, 1.54) is 17.5 Å². The van der Waals surface area contributed by atoms with Gasteiger partial charge < -0.3 is 9.47 Å². The van der Waals surface area contributed by atoms with Crippen LogP contribution in [0.4, 0.5) is 0 Å². The van der Waals surface area contributed by atoms with Crippen molar-refractivity contribution in [2.24, 2.45) is 0 Å². The van der Waals surface area contributed by atoms with Crippen LogP contribution in [-0.4, -0.2) is 12.7 Å². The number of rotatable bonds is 4. The molecule has 0 bridgehead atoms. The molecule has 0 saturated heterocycles. The fourth-order valence-corrected chi connectivity index (χ4v) is 3.12. The smallest absolute Gasteiger partial charge is 0.161 e. The minimum atomic E-state index is -0.0167. The molecule has 2 unspecified atom stereocenters. The Morgan fingerprint density at radius 1 is 1.10 bits per heavy atom. The molecule has 2 aromatic carbocycles. The molecule has 2 aromatic rings. The number of benzene rings is 2. The molecular weight excluding hydrogens is 328 g/mol. The van der Waals surface area contributed by atoms with E-state index in [9.17, 15) is 0 Å². The predicted octanol–water partition coefficient (Wildman–Crippen LogP) is 4.92. The molecule has 1 aliphatic rings. The molecule has 3 heteroatoms. The molecule has 3 rings (SSSR count). The van der Waals surface area contributed by atoms with E-state index >= 15 is 0 Å². The van der Waals surface area contributed by atoms with Crippen LogP contribution in [-0.2, 0) is 6.42 Å². The van der Waals surface area contributed by atoms with Gasteiger partial charge in [-0.25, -0.2) is 0 Å². The second-order valence-corrected chi connectivity index (χ2v) is 6.29. The molecule has 2 nitrogen and oxygen atoms in total. The van der Waals surface area contributed by atoms with Gasteiger partial charge in [-0.1, -0.05) is 65.7 Å². The minimum absolute atomic E-state index is 0.0167. The maximum Gasteiger partial charge on any atom is 0.161 e. The first-order valence-electron chi connectivity index (χ1n) is 7.39. The summed E-state index contributed by atoms with van der Waals surface area (Å²) in [7, 11) is 0. The minimum Gasteiger partial charge on any atom is -0.486 e. The first kappa shape index (κ1) is 14.5. The Morgan fingerprint density at radius 2 is 1.81 bits per heavy atom. The summed E-state index contributed by atoms with van der Waals surface area (Å²) in [5.74, 6) is 1.65. The summed E-state index contributed by atoms with van der Waals surface area (Å²) < 4.78 is 11.8. The zero-order chi connectivity index (χ0) is 14.7. The summed E-state index contributed by atoms with van der Waals surface area (Å²) in [6.07, 6.45) is 2.29. The van der Waals surface area contributed by atoms with E-state index in [1.807, 2.05) is 24.3 Å². The fourth-order valence-electron chi connectivity index (χ4n) is 2.55. The topological polar surface area (TPSA) is 18.5 Å². The lowest BCUT2D eigenvalue weighted by molar-refractivity contribution is 0.0905. The Balaban J connectivity index is 1.72. The summed E-state index contributed by atoms with van der Waals surface area (Å²) in [6, 6.07) is 16.6. The Bertz CT molecular complexity index is 594. The molecule has 0 radical (unpaired) electrons. The molecule has 1 heterocycles. The van der Waals surface area contributed by atoms with Crippen molar-refractivity contribution in [2.75, 3.05) is 6.61 Å². The van der Waals surface area contributed by atoms with E-state index in [1.54, 1.807) is 0 Å². The van der Waals surface area contributed by atoms with E-state index in [2.05, 4.69) is 47.1 Å². The lowest BCUT2D eigenvalue weighted by Crippen LogP contribution is -2.32. The molecule has 0 aromatic heterocycles. The summed E-state index contributed by atoms with van der Waals surface area (Å²) in [5, 5.41) is 0. The average molecular weight is 347 g/mol. The van der Waals surface area contributed by atoms with Crippen LogP contribution < -0.4 is 9.47 Å². The highest BCUT2D eigenvalue weighted by atomic mass is 79.9. The molecule has 1 aliphatic heterocycles. The number of alkyl halides is 1. The van der Waals surface area contributed by atoms with Crippen LogP contribution in [0.3, 0.4) is 0 Å². The lowest BCUT2D eigenvalue weighted by Gasteiger charge is -2.29. The molecule has 2 atom stereocenters. The molecule has 0 spiro atoms. The molecule has 110 valence electrons. The summed E-state index contributed by atoms with van der Waals surface area (Å²) >= 11 is 3.76. The van der Waals surface area contributed by atoms with Gasteiger partial charge in [0.1, 0.15) is 12.7 Å². The Morgan fingerprint density at radius 3 is 2.52 bits per heavy atom. The van der Waals surface area contributed by atoms with Crippen molar-refractivity contribution in [1.29, 1.82) is 0 Å². The zero-order valence-electron chi connectivity index (χ0n) is 12.1. The summed E-state index contributed by atoms with van der Waals surface area (Å²) in [4.78, 5) is 0.126. The van der Waals surface area contributed by atoms with Crippen LogP contribution in [0.5, 0.6) is 11.5 Å².